The molecule has 2 N–H and O–H groups in total. The maximum atomic E-state index is 16.0. The maximum Gasteiger partial charge on any atom is 0.339 e. The number of aliphatic hydroxyl groups is 1. The number of esters is 2. The summed E-state index contributed by atoms with van der Waals surface area (Å²) in [4.78, 5) is 46.6. The molecule has 1 aromatic heterocycles. The highest BCUT2D eigenvalue weighted by Crippen LogP contribution is 2.83. The molecular weight excluding hydrogens is 833 g/mol. The number of benzene rings is 1. The predicted octanol–water partition coefficient (Wildman–Crippen LogP) is 8.28. The monoisotopic (exact) mass is 905 g/mol. The van der Waals surface area contributed by atoms with Crippen LogP contribution in [0.5, 0.6) is 0 Å². The van der Waals surface area contributed by atoms with Crippen LogP contribution in [0, 0.1) is 63.6 Å². The number of aliphatic hydroxyl groups excluding tert-OH is 1. The van der Waals surface area contributed by atoms with E-state index in [0.717, 1.165) is 75.9 Å². The SMILES string of the molecule is CC(C)CCC1(C)OC2CC(=O)OCC23C1C(=O)C(O)C1(C2CCCC(Cc4ccccc4)C2)C3CCC2(C)C(c3ccoc3CCC3CCC4C(C=CN5CNCC45)C3)OC(=O)C3OC321. The van der Waals surface area contributed by atoms with Crippen molar-refractivity contribution < 1.29 is 42.9 Å². The van der Waals surface area contributed by atoms with E-state index < -0.39 is 63.8 Å². The number of ketones is 1. The fourth-order valence-corrected chi connectivity index (χ4v) is 17.7. The molecule has 17 unspecified atom stereocenters. The zero-order valence-electron chi connectivity index (χ0n) is 39.6. The minimum Gasteiger partial charge on any atom is -0.469 e. The number of allylic oxidation sites excluding steroid dienone is 1. The number of carbonyl (C=O) groups excluding carboxylic acids is 3. The molecule has 2 spiro atoms. The average Bonchev–Trinajstić information content (AvgIpc) is 3.55. The van der Waals surface area contributed by atoms with Gasteiger partial charge in [-0.15, -0.1) is 0 Å². The smallest absolute Gasteiger partial charge is 0.339 e. The predicted molar refractivity (Wildman–Crippen MR) is 244 cm³/mol. The number of furan rings is 1. The fraction of sp³-hybridized carbons (Fsp3) is 0.727. The van der Waals surface area contributed by atoms with Crippen LogP contribution in [0.4, 0.5) is 0 Å². The van der Waals surface area contributed by atoms with Gasteiger partial charge in [0, 0.05) is 40.8 Å². The Balaban J connectivity index is 0.930. The molecule has 4 saturated carbocycles. The normalized spacial score (nSPS) is 46.6. The quantitative estimate of drug-likeness (QED) is 0.176. The van der Waals surface area contributed by atoms with Gasteiger partial charge in [-0.25, -0.2) is 4.79 Å². The number of ether oxygens (including phenoxy) is 4. The Morgan fingerprint density at radius 2 is 1.80 bits per heavy atom. The standard InChI is InChI=1S/C55H72N2O9/c1-32(2)17-22-52(4)46-45(59)47(60)54(37-12-8-11-35(27-37)25-33-9-6-5-7-10-33)42(53(46)30-63-44(58)28-43(53)65-52)18-21-51(3)48(64-50(61)49-55(51,54)66-49)39-20-24-62-41(39)16-14-34-13-15-38-36(26-34)19-23-57-31-56-29-40(38)57/h5-7,9-10,19-20,23-24,32,34-38,40,42-43,46-49,56,60H,8,11-18,21-22,25-31H2,1-4H3. The first-order valence-electron chi connectivity index (χ1n) is 26.0. The number of rotatable bonds is 10. The van der Waals surface area contributed by atoms with E-state index in [1.165, 1.54) is 24.8 Å². The van der Waals surface area contributed by atoms with Crippen LogP contribution in [-0.2, 0) is 46.2 Å². The summed E-state index contributed by atoms with van der Waals surface area (Å²) >= 11 is 0. The molecular formula is C55H72N2O9. The van der Waals surface area contributed by atoms with E-state index in [1.807, 2.05) is 13.0 Å². The second-order valence-corrected chi connectivity index (χ2v) is 23.9. The molecule has 1 aromatic carbocycles. The highest BCUT2D eigenvalue weighted by Gasteiger charge is 2.93. The van der Waals surface area contributed by atoms with Gasteiger partial charge in [0.25, 0.3) is 0 Å². The van der Waals surface area contributed by atoms with Crippen LogP contribution in [0.25, 0.3) is 0 Å². The first-order valence-corrected chi connectivity index (χ1v) is 26.0. The first-order chi connectivity index (χ1) is 31.8. The Morgan fingerprint density at radius 3 is 2.64 bits per heavy atom. The van der Waals surface area contributed by atoms with Gasteiger partial charge >= 0.3 is 11.9 Å². The highest BCUT2D eigenvalue weighted by atomic mass is 16.7. The van der Waals surface area contributed by atoms with Gasteiger partial charge in [0.1, 0.15) is 30.2 Å². The lowest BCUT2D eigenvalue weighted by Crippen LogP contribution is -2.79. The van der Waals surface area contributed by atoms with Crippen molar-refractivity contribution in [2.45, 2.75) is 166 Å². The Bertz CT molecular complexity index is 2260. The summed E-state index contributed by atoms with van der Waals surface area (Å²) in [6.07, 6.45) is 15.6. The van der Waals surface area contributed by atoms with Crippen LogP contribution in [0.3, 0.4) is 0 Å². The summed E-state index contributed by atoms with van der Waals surface area (Å²) in [5, 5.41) is 17.2. The summed E-state index contributed by atoms with van der Waals surface area (Å²) in [7, 11) is 0. The van der Waals surface area contributed by atoms with E-state index in [4.69, 9.17) is 23.4 Å². The lowest BCUT2D eigenvalue weighted by atomic mass is 9.32. The van der Waals surface area contributed by atoms with Crippen LogP contribution < -0.4 is 5.32 Å². The summed E-state index contributed by atoms with van der Waals surface area (Å²) in [5.74, 6) is 1.33. The molecule has 5 saturated heterocycles. The van der Waals surface area contributed by atoms with E-state index in [1.54, 1.807) is 6.26 Å². The second-order valence-electron chi connectivity index (χ2n) is 23.9. The number of nitrogens with one attached hydrogen (secondary N) is 1. The topological polar surface area (TPSA) is 140 Å². The van der Waals surface area contributed by atoms with Gasteiger partial charge in [-0.1, -0.05) is 76.4 Å². The number of hydrogen-bond donors (Lipinski definition) is 2. The Labute approximate surface area is 390 Å². The molecule has 356 valence electrons. The molecule has 7 heterocycles. The van der Waals surface area contributed by atoms with Crippen molar-refractivity contribution in [1.29, 1.82) is 0 Å². The van der Waals surface area contributed by atoms with Gasteiger partial charge in [0.15, 0.2) is 11.9 Å². The first kappa shape index (κ1) is 43.7. The highest BCUT2D eigenvalue weighted by molar-refractivity contribution is 5.92. The molecule has 10 aliphatic rings. The van der Waals surface area contributed by atoms with Gasteiger partial charge in [-0.2, -0.15) is 0 Å². The number of hydrogen-bond acceptors (Lipinski definition) is 11. The molecule has 9 fully saturated rings. The molecule has 4 aliphatic carbocycles. The molecule has 0 amide bonds. The van der Waals surface area contributed by atoms with Crippen molar-refractivity contribution in [2.75, 3.05) is 19.8 Å². The number of carbonyl (C=O) groups is 3. The van der Waals surface area contributed by atoms with E-state index in [0.29, 0.717) is 54.9 Å². The van der Waals surface area contributed by atoms with Crippen molar-refractivity contribution >= 4 is 17.7 Å². The van der Waals surface area contributed by atoms with Crippen LogP contribution in [0.15, 0.2) is 59.4 Å². The number of Topliss-reactive ketones (excluding diaryl/α,β-unsaturated/α-hetero) is 1. The Morgan fingerprint density at radius 1 is 0.955 bits per heavy atom. The lowest BCUT2D eigenvalue weighted by molar-refractivity contribution is -0.276. The number of epoxide rings is 1. The molecule has 17 atom stereocenters. The van der Waals surface area contributed by atoms with Crippen LogP contribution >= 0.6 is 0 Å². The van der Waals surface area contributed by atoms with E-state index in [2.05, 4.69) is 73.6 Å². The third-order valence-electron chi connectivity index (χ3n) is 20.4. The number of cyclic esters (lactones) is 2. The van der Waals surface area contributed by atoms with Crippen molar-refractivity contribution in [1.82, 2.24) is 10.2 Å². The van der Waals surface area contributed by atoms with Crippen LogP contribution in [-0.4, -0.2) is 83.1 Å². The molecule has 0 bridgehead atoms. The van der Waals surface area contributed by atoms with Gasteiger partial charge in [0.2, 0.25) is 0 Å². The zero-order chi connectivity index (χ0) is 45.4. The number of fused-ring (bicyclic) bond motifs is 4. The number of nitrogens with zero attached hydrogens (tertiary/aromatic N) is 1. The fourth-order valence-electron chi connectivity index (χ4n) is 17.7. The van der Waals surface area contributed by atoms with Gasteiger partial charge < -0.3 is 33.4 Å². The molecule has 6 aliphatic heterocycles. The van der Waals surface area contributed by atoms with Gasteiger partial charge in [-0.05, 0) is 130 Å². The van der Waals surface area contributed by atoms with Crippen molar-refractivity contribution in [2.24, 2.45) is 63.6 Å². The number of aryl methyl sites for hydroxylation is 1. The van der Waals surface area contributed by atoms with Crippen molar-refractivity contribution in [3.63, 3.8) is 0 Å². The molecule has 2 aromatic rings. The van der Waals surface area contributed by atoms with E-state index in [-0.39, 0.29) is 36.6 Å². The average molecular weight is 905 g/mol. The molecule has 0 radical (unpaired) electrons. The molecule has 11 nitrogen and oxygen atoms in total. The minimum absolute atomic E-state index is 0.0645. The van der Waals surface area contributed by atoms with Gasteiger partial charge in [-0.3, -0.25) is 14.9 Å². The summed E-state index contributed by atoms with van der Waals surface area (Å²) in [6, 6.07) is 13.2. The maximum absolute atomic E-state index is 16.0. The van der Waals surface area contributed by atoms with Gasteiger partial charge in [0.05, 0.1) is 37.0 Å². The summed E-state index contributed by atoms with van der Waals surface area (Å²) in [6.45, 7) is 10.7. The Kier molecular flexibility index (Phi) is 10.4. The third-order valence-corrected chi connectivity index (χ3v) is 20.4. The van der Waals surface area contributed by atoms with Crippen molar-refractivity contribution in [3.8, 4) is 0 Å². The third kappa shape index (κ3) is 6.09. The molecule has 66 heavy (non-hydrogen) atoms. The largest absolute Gasteiger partial charge is 0.469 e. The molecule has 12 rings (SSSR count). The van der Waals surface area contributed by atoms with E-state index >= 15 is 4.79 Å². The molecule has 11 heteroatoms. The minimum atomic E-state index is -1.41. The van der Waals surface area contributed by atoms with Crippen LogP contribution in [0.1, 0.15) is 134 Å². The summed E-state index contributed by atoms with van der Waals surface area (Å²) < 4.78 is 33.6. The second kappa shape index (κ2) is 15.8. The Hall–Kier alpha value is -3.51. The van der Waals surface area contributed by atoms with E-state index in [9.17, 15) is 14.7 Å². The van der Waals surface area contributed by atoms with Crippen molar-refractivity contribution in [3.05, 3.63) is 71.8 Å². The lowest BCUT2D eigenvalue weighted by Gasteiger charge is -2.70. The summed E-state index contributed by atoms with van der Waals surface area (Å²) in [5.41, 5.74) is -2.78. The zero-order valence-corrected chi connectivity index (χ0v) is 39.6. The van der Waals surface area contributed by atoms with Crippen LogP contribution in [0.2, 0.25) is 0 Å².